The third-order valence-corrected chi connectivity index (χ3v) is 5.48. The normalized spacial score (nSPS) is 12.8. The molecule has 0 bridgehead atoms. The van der Waals surface area contributed by atoms with Crippen molar-refractivity contribution in [2.75, 3.05) is 0 Å². The summed E-state index contributed by atoms with van der Waals surface area (Å²) in [5.74, 6) is 4.78. The fourth-order valence-corrected chi connectivity index (χ4v) is 3.42. The average Bonchev–Trinajstić information content (AvgIpc) is 2.71. The summed E-state index contributed by atoms with van der Waals surface area (Å²) in [5, 5.41) is 0. The Morgan fingerprint density at radius 3 is 2.32 bits per heavy atom. The first kappa shape index (κ1) is 19.8. The van der Waals surface area contributed by atoms with Gasteiger partial charge < -0.3 is 4.74 Å². The summed E-state index contributed by atoms with van der Waals surface area (Å²) in [6.07, 6.45) is 8.91. The van der Waals surface area contributed by atoms with Crippen LogP contribution in [0.15, 0.2) is 72.8 Å². The van der Waals surface area contributed by atoms with Crippen LogP contribution in [0.4, 0.5) is 0 Å². The van der Waals surface area contributed by atoms with Gasteiger partial charge in [0.15, 0.2) is 0 Å². The van der Waals surface area contributed by atoms with Crippen molar-refractivity contribution in [3.63, 3.8) is 0 Å². The van der Waals surface area contributed by atoms with E-state index in [1.807, 2.05) is 36.4 Å². The molecular weight excluding hydrogens is 340 g/mol. The summed E-state index contributed by atoms with van der Waals surface area (Å²) in [4.78, 5) is 0. The largest absolute Gasteiger partial charge is 0.457 e. The standard InChI is InChI=1S/C27H28O/c1-5-27(4,24-17-16-21(2)22(3)19-24)18-10-12-23-11-9-15-26(20-23)28-25-13-7-6-8-14-25/h1,6-9,11,13-17,19-20H,10,12,18H2,2-4H3. The van der Waals surface area contributed by atoms with Crippen LogP contribution < -0.4 is 4.74 Å². The van der Waals surface area contributed by atoms with Crippen molar-refractivity contribution in [2.24, 2.45) is 0 Å². The second-order valence-electron chi connectivity index (χ2n) is 7.69. The van der Waals surface area contributed by atoms with Gasteiger partial charge in [0.1, 0.15) is 11.5 Å². The zero-order chi connectivity index (χ0) is 20.0. The predicted molar refractivity (Wildman–Crippen MR) is 118 cm³/mol. The van der Waals surface area contributed by atoms with Crippen LogP contribution >= 0.6 is 0 Å². The van der Waals surface area contributed by atoms with Crippen molar-refractivity contribution in [1.29, 1.82) is 0 Å². The van der Waals surface area contributed by atoms with Crippen LogP contribution in [0.5, 0.6) is 11.5 Å². The number of benzene rings is 3. The molecule has 0 aromatic heterocycles. The number of terminal acetylenes is 1. The fourth-order valence-electron chi connectivity index (χ4n) is 3.42. The molecule has 142 valence electrons. The summed E-state index contributed by atoms with van der Waals surface area (Å²) in [5.41, 5.74) is 4.87. The second-order valence-corrected chi connectivity index (χ2v) is 7.69. The van der Waals surface area contributed by atoms with Gasteiger partial charge in [0.2, 0.25) is 0 Å². The second kappa shape index (κ2) is 8.81. The van der Waals surface area contributed by atoms with Crippen LogP contribution in [0.3, 0.4) is 0 Å². The summed E-state index contributed by atoms with van der Waals surface area (Å²) in [6.45, 7) is 6.46. The molecule has 0 saturated carbocycles. The molecule has 0 radical (unpaired) electrons. The van der Waals surface area contributed by atoms with Gasteiger partial charge in [-0.05, 0) is 86.6 Å². The molecule has 1 atom stereocenters. The molecule has 1 unspecified atom stereocenters. The predicted octanol–water partition coefficient (Wildman–Crippen LogP) is 7.01. The lowest BCUT2D eigenvalue weighted by atomic mass is 9.78. The third-order valence-electron chi connectivity index (χ3n) is 5.48. The molecule has 0 fully saturated rings. The van der Waals surface area contributed by atoms with Gasteiger partial charge in [0.05, 0.1) is 5.41 Å². The van der Waals surface area contributed by atoms with Crippen molar-refractivity contribution in [1.82, 2.24) is 0 Å². The Hall–Kier alpha value is -2.98. The summed E-state index contributed by atoms with van der Waals surface area (Å²) >= 11 is 0. The highest BCUT2D eigenvalue weighted by Crippen LogP contribution is 2.31. The molecule has 0 amide bonds. The topological polar surface area (TPSA) is 9.23 Å². The summed E-state index contributed by atoms with van der Waals surface area (Å²) in [7, 11) is 0. The quantitative estimate of drug-likeness (QED) is 0.408. The maximum atomic E-state index is 5.95. The van der Waals surface area contributed by atoms with Gasteiger partial charge in [-0.2, -0.15) is 0 Å². The van der Waals surface area contributed by atoms with Gasteiger partial charge in [-0.3, -0.25) is 0 Å². The minimum Gasteiger partial charge on any atom is -0.457 e. The Balaban J connectivity index is 1.64. The van der Waals surface area contributed by atoms with Crippen molar-refractivity contribution in [3.05, 3.63) is 95.1 Å². The van der Waals surface area contributed by atoms with E-state index in [2.05, 4.69) is 63.1 Å². The molecule has 0 N–H and O–H groups in total. The van der Waals surface area contributed by atoms with Crippen molar-refractivity contribution in [2.45, 2.75) is 45.4 Å². The minimum atomic E-state index is -0.239. The van der Waals surface area contributed by atoms with E-state index in [-0.39, 0.29) is 5.41 Å². The Labute approximate surface area is 169 Å². The molecule has 0 aliphatic heterocycles. The van der Waals surface area contributed by atoms with Crippen LogP contribution in [0.1, 0.15) is 42.0 Å². The number of para-hydroxylation sites is 1. The van der Waals surface area contributed by atoms with E-state index in [4.69, 9.17) is 11.2 Å². The molecule has 0 aliphatic rings. The van der Waals surface area contributed by atoms with E-state index >= 15 is 0 Å². The molecule has 28 heavy (non-hydrogen) atoms. The molecule has 3 aromatic carbocycles. The highest BCUT2D eigenvalue weighted by molar-refractivity contribution is 5.39. The number of ether oxygens (including phenoxy) is 1. The van der Waals surface area contributed by atoms with E-state index in [0.29, 0.717) is 0 Å². The molecule has 1 heteroatoms. The fraction of sp³-hybridized carbons (Fsp3) is 0.259. The average molecular weight is 369 g/mol. The first-order valence-electron chi connectivity index (χ1n) is 9.87. The number of aryl methyl sites for hydroxylation is 3. The zero-order valence-electron chi connectivity index (χ0n) is 17.0. The summed E-state index contributed by atoms with van der Waals surface area (Å²) in [6, 6.07) is 24.8. The zero-order valence-corrected chi connectivity index (χ0v) is 17.0. The van der Waals surface area contributed by atoms with Crippen LogP contribution in [0, 0.1) is 26.2 Å². The number of hydrogen-bond acceptors (Lipinski definition) is 1. The molecule has 0 spiro atoms. The van der Waals surface area contributed by atoms with E-state index in [1.54, 1.807) is 0 Å². The number of rotatable bonds is 7. The Kier molecular flexibility index (Phi) is 6.22. The smallest absolute Gasteiger partial charge is 0.127 e. The highest BCUT2D eigenvalue weighted by Gasteiger charge is 2.23. The molecule has 3 aromatic rings. The van der Waals surface area contributed by atoms with Crippen molar-refractivity contribution in [3.8, 4) is 23.8 Å². The maximum absolute atomic E-state index is 5.95. The third kappa shape index (κ3) is 4.84. The summed E-state index contributed by atoms with van der Waals surface area (Å²) < 4.78 is 5.95. The van der Waals surface area contributed by atoms with E-state index in [9.17, 15) is 0 Å². The van der Waals surface area contributed by atoms with Gasteiger partial charge >= 0.3 is 0 Å². The molecule has 0 saturated heterocycles. The minimum absolute atomic E-state index is 0.239. The SMILES string of the molecule is C#CC(C)(CCCc1cccc(Oc2ccccc2)c1)c1ccc(C)c(C)c1. The van der Waals surface area contributed by atoms with E-state index in [1.165, 1.54) is 22.3 Å². The molecular formula is C27H28O. The van der Waals surface area contributed by atoms with E-state index < -0.39 is 0 Å². The first-order valence-corrected chi connectivity index (χ1v) is 9.87. The first-order chi connectivity index (χ1) is 13.5. The van der Waals surface area contributed by atoms with Crippen LogP contribution in [0.2, 0.25) is 0 Å². The molecule has 3 rings (SSSR count). The van der Waals surface area contributed by atoms with Gasteiger partial charge in [0, 0.05) is 0 Å². The van der Waals surface area contributed by atoms with Gasteiger partial charge in [0.25, 0.3) is 0 Å². The Morgan fingerprint density at radius 2 is 1.61 bits per heavy atom. The number of hydrogen-bond donors (Lipinski definition) is 0. The van der Waals surface area contributed by atoms with E-state index in [0.717, 1.165) is 30.8 Å². The van der Waals surface area contributed by atoms with Crippen molar-refractivity contribution >= 4 is 0 Å². The molecule has 0 aliphatic carbocycles. The van der Waals surface area contributed by atoms with Crippen LogP contribution in [-0.4, -0.2) is 0 Å². The lowest BCUT2D eigenvalue weighted by Gasteiger charge is -2.25. The lowest BCUT2D eigenvalue weighted by molar-refractivity contribution is 0.481. The Bertz CT molecular complexity index is 965. The maximum Gasteiger partial charge on any atom is 0.127 e. The molecule has 1 nitrogen and oxygen atoms in total. The van der Waals surface area contributed by atoms with Crippen LogP contribution in [-0.2, 0) is 11.8 Å². The van der Waals surface area contributed by atoms with Crippen molar-refractivity contribution < 1.29 is 4.74 Å². The van der Waals surface area contributed by atoms with Gasteiger partial charge in [-0.1, -0.05) is 54.5 Å². The van der Waals surface area contributed by atoms with Gasteiger partial charge in [-0.25, -0.2) is 0 Å². The Morgan fingerprint density at radius 1 is 0.857 bits per heavy atom. The lowest BCUT2D eigenvalue weighted by Crippen LogP contribution is -2.20. The molecule has 0 heterocycles. The van der Waals surface area contributed by atoms with Crippen LogP contribution in [0.25, 0.3) is 0 Å². The van der Waals surface area contributed by atoms with Gasteiger partial charge in [-0.15, -0.1) is 6.42 Å². The highest BCUT2D eigenvalue weighted by atomic mass is 16.5. The monoisotopic (exact) mass is 368 g/mol.